The van der Waals surface area contributed by atoms with Crippen molar-refractivity contribution in [2.24, 2.45) is 5.41 Å². The summed E-state index contributed by atoms with van der Waals surface area (Å²) < 4.78 is 0. The van der Waals surface area contributed by atoms with Crippen LogP contribution in [0.2, 0.25) is 0 Å². The van der Waals surface area contributed by atoms with Gasteiger partial charge in [-0.1, -0.05) is 13.8 Å². The Bertz CT molecular complexity index is 343. The van der Waals surface area contributed by atoms with Crippen molar-refractivity contribution in [3.8, 4) is 0 Å². The van der Waals surface area contributed by atoms with Gasteiger partial charge in [-0.2, -0.15) is 23.1 Å². The van der Waals surface area contributed by atoms with Crippen LogP contribution in [-0.2, 0) is 6.54 Å². The molecule has 1 N–H and O–H groups in total. The number of hydrogen-bond acceptors (Lipinski definition) is 3. The first kappa shape index (κ1) is 12.5. The average molecular weight is 255 g/mol. The van der Waals surface area contributed by atoms with Crippen molar-refractivity contribution in [1.29, 1.82) is 0 Å². The lowest BCUT2D eigenvalue weighted by Crippen LogP contribution is -2.46. The molecule has 2 heterocycles. The summed E-state index contributed by atoms with van der Waals surface area (Å²) in [5, 5.41) is 8.24. The Morgan fingerprint density at radius 3 is 2.88 bits per heavy atom. The number of rotatable bonds is 3. The van der Waals surface area contributed by atoms with Crippen molar-refractivity contribution < 1.29 is 0 Å². The third-order valence-corrected chi connectivity index (χ3v) is 5.59. The lowest BCUT2D eigenvalue weighted by atomic mass is 9.82. The van der Waals surface area contributed by atoms with Crippen molar-refractivity contribution in [2.75, 3.05) is 11.5 Å². The zero-order chi connectivity index (χ0) is 11.6. The van der Waals surface area contributed by atoms with Crippen LogP contribution in [-0.4, -0.2) is 17.5 Å². The van der Waals surface area contributed by atoms with Gasteiger partial charge in [0.25, 0.3) is 0 Å². The van der Waals surface area contributed by atoms with E-state index in [-0.39, 0.29) is 0 Å². The van der Waals surface area contributed by atoms with Gasteiger partial charge in [0, 0.05) is 18.3 Å². The van der Waals surface area contributed by atoms with E-state index in [0.717, 1.165) is 6.54 Å². The predicted molar refractivity (Wildman–Crippen MR) is 75.4 cm³/mol. The van der Waals surface area contributed by atoms with Crippen LogP contribution in [0.1, 0.15) is 31.4 Å². The fraction of sp³-hybridized carbons (Fsp3) is 0.692. The highest BCUT2D eigenvalue weighted by atomic mass is 32.2. The second-order valence-corrected chi connectivity index (χ2v) is 7.22. The third kappa shape index (κ3) is 2.82. The van der Waals surface area contributed by atoms with Crippen LogP contribution >= 0.6 is 23.1 Å². The summed E-state index contributed by atoms with van der Waals surface area (Å²) in [6.45, 7) is 8.02. The number of hydrogen-bond donors (Lipinski definition) is 1. The molecule has 1 fully saturated rings. The molecule has 0 bridgehead atoms. The summed E-state index contributed by atoms with van der Waals surface area (Å²) in [6, 6.07) is 0.658. The number of thioether (sulfide) groups is 1. The highest BCUT2D eigenvalue weighted by Crippen LogP contribution is 2.34. The van der Waals surface area contributed by atoms with Gasteiger partial charge >= 0.3 is 0 Å². The molecule has 90 valence electrons. The monoisotopic (exact) mass is 255 g/mol. The van der Waals surface area contributed by atoms with Crippen LogP contribution < -0.4 is 5.32 Å². The van der Waals surface area contributed by atoms with Crippen molar-refractivity contribution in [1.82, 2.24) is 5.32 Å². The van der Waals surface area contributed by atoms with Crippen LogP contribution in [0.5, 0.6) is 0 Å². The standard InChI is InChI=1S/C13H21NS2/c1-10-7-16-8-11(10)6-14-12-9-15-5-4-13(12,2)3/h7-8,12,14H,4-6,9H2,1-3H3. The molecule has 1 aliphatic rings. The average Bonchev–Trinajstić information content (AvgIpc) is 2.62. The minimum atomic E-state index is 0.454. The Morgan fingerprint density at radius 2 is 2.25 bits per heavy atom. The van der Waals surface area contributed by atoms with Crippen LogP contribution in [0.15, 0.2) is 10.8 Å². The Hall–Kier alpha value is 0.01000. The van der Waals surface area contributed by atoms with E-state index in [1.54, 1.807) is 0 Å². The smallest absolute Gasteiger partial charge is 0.0219 e. The van der Waals surface area contributed by atoms with Crippen LogP contribution in [0.25, 0.3) is 0 Å². The lowest BCUT2D eigenvalue weighted by molar-refractivity contribution is 0.245. The van der Waals surface area contributed by atoms with Gasteiger partial charge in [0.2, 0.25) is 0 Å². The SMILES string of the molecule is Cc1cscc1CNC1CSCCC1(C)C. The maximum absolute atomic E-state index is 3.74. The molecule has 16 heavy (non-hydrogen) atoms. The Morgan fingerprint density at radius 1 is 1.44 bits per heavy atom. The number of thiophene rings is 1. The zero-order valence-corrected chi connectivity index (χ0v) is 12.0. The summed E-state index contributed by atoms with van der Waals surface area (Å²) in [6.07, 6.45) is 1.33. The maximum atomic E-state index is 3.74. The van der Waals surface area contributed by atoms with Gasteiger partial charge < -0.3 is 5.32 Å². The highest BCUT2D eigenvalue weighted by molar-refractivity contribution is 7.99. The molecule has 1 aromatic rings. The molecule has 1 aliphatic heterocycles. The van der Waals surface area contributed by atoms with E-state index >= 15 is 0 Å². The Kier molecular flexibility index (Phi) is 3.98. The summed E-state index contributed by atoms with van der Waals surface area (Å²) in [5.74, 6) is 2.58. The van der Waals surface area contributed by atoms with E-state index in [4.69, 9.17) is 0 Å². The molecule has 0 amide bonds. The number of aryl methyl sites for hydroxylation is 1. The van der Waals surface area contributed by atoms with Gasteiger partial charge in [-0.3, -0.25) is 0 Å². The van der Waals surface area contributed by atoms with Crippen molar-refractivity contribution in [2.45, 2.75) is 39.8 Å². The largest absolute Gasteiger partial charge is 0.309 e. The van der Waals surface area contributed by atoms with Gasteiger partial charge in [0.15, 0.2) is 0 Å². The quantitative estimate of drug-likeness (QED) is 0.884. The predicted octanol–water partition coefficient (Wildman–Crippen LogP) is 3.68. The second kappa shape index (κ2) is 5.11. The summed E-state index contributed by atoms with van der Waals surface area (Å²) in [5.41, 5.74) is 3.35. The molecule has 1 saturated heterocycles. The van der Waals surface area contributed by atoms with E-state index in [1.807, 2.05) is 11.3 Å². The molecule has 0 aliphatic carbocycles. The van der Waals surface area contributed by atoms with E-state index in [2.05, 4.69) is 48.6 Å². The van der Waals surface area contributed by atoms with Crippen molar-refractivity contribution in [3.05, 3.63) is 21.9 Å². The van der Waals surface area contributed by atoms with Crippen molar-refractivity contribution >= 4 is 23.1 Å². The molecule has 3 heteroatoms. The van der Waals surface area contributed by atoms with E-state index < -0.39 is 0 Å². The summed E-state index contributed by atoms with van der Waals surface area (Å²) >= 11 is 3.89. The second-order valence-electron chi connectivity index (χ2n) is 5.33. The molecule has 0 spiro atoms. The van der Waals surface area contributed by atoms with E-state index in [9.17, 15) is 0 Å². The third-order valence-electron chi connectivity index (χ3n) is 3.62. The van der Waals surface area contributed by atoms with Gasteiger partial charge in [-0.25, -0.2) is 0 Å². The highest BCUT2D eigenvalue weighted by Gasteiger charge is 2.31. The fourth-order valence-electron chi connectivity index (χ4n) is 2.07. The van der Waals surface area contributed by atoms with Crippen LogP contribution in [0, 0.1) is 12.3 Å². The molecule has 1 nitrogen and oxygen atoms in total. The van der Waals surface area contributed by atoms with Gasteiger partial charge in [0.05, 0.1) is 0 Å². The van der Waals surface area contributed by atoms with Gasteiger partial charge in [0.1, 0.15) is 0 Å². The molecule has 1 atom stereocenters. The first-order chi connectivity index (χ1) is 7.59. The Balaban J connectivity index is 1.92. The normalized spacial score (nSPS) is 24.6. The molecule has 0 aromatic carbocycles. The van der Waals surface area contributed by atoms with Crippen LogP contribution in [0.3, 0.4) is 0 Å². The van der Waals surface area contributed by atoms with Gasteiger partial charge in [-0.15, -0.1) is 0 Å². The lowest BCUT2D eigenvalue weighted by Gasteiger charge is -2.39. The minimum Gasteiger partial charge on any atom is -0.309 e. The summed E-state index contributed by atoms with van der Waals surface area (Å²) in [4.78, 5) is 0. The van der Waals surface area contributed by atoms with Gasteiger partial charge in [-0.05, 0) is 46.4 Å². The van der Waals surface area contributed by atoms with Crippen LogP contribution in [0.4, 0.5) is 0 Å². The molecule has 1 aromatic heterocycles. The molecular formula is C13H21NS2. The summed E-state index contributed by atoms with van der Waals surface area (Å²) in [7, 11) is 0. The fourth-order valence-corrected chi connectivity index (χ4v) is 4.57. The molecule has 0 saturated carbocycles. The maximum Gasteiger partial charge on any atom is 0.0219 e. The molecule has 2 rings (SSSR count). The first-order valence-electron chi connectivity index (χ1n) is 5.92. The first-order valence-corrected chi connectivity index (χ1v) is 8.02. The zero-order valence-electron chi connectivity index (χ0n) is 10.4. The number of nitrogens with one attached hydrogen (secondary N) is 1. The van der Waals surface area contributed by atoms with E-state index in [0.29, 0.717) is 11.5 Å². The van der Waals surface area contributed by atoms with E-state index in [1.165, 1.54) is 29.1 Å². The van der Waals surface area contributed by atoms with Crippen molar-refractivity contribution in [3.63, 3.8) is 0 Å². The Labute approximate surface area is 107 Å². The molecule has 0 radical (unpaired) electrons. The molecular weight excluding hydrogens is 234 g/mol. The minimum absolute atomic E-state index is 0.454. The molecule has 1 unspecified atom stereocenters. The topological polar surface area (TPSA) is 12.0 Å².